The molecule has 2 aromatic carbocycles. The first-order valence-electron chi connectivity index (χ1n) is 7.85. The summed E-state index contributed by atoms with van der Waals surface area (Å²) in [5.41, 5.74) is 3.77. The van der Waals surface area contributed by atoms with Crippen LogP contribution in [0.2, 0.25) is 5.02 Å². The van der Waals surface area contributed by atoms with E-state index in [9.17, 15) is 4.79 Å². The highest BCUT2D eigenvalue weighted by molar-refractivity contribution is 6.30. The van der Waals surface area contributed by atoms with E-state index in [1.54, 1.807) is 30.5 Å². The maximum atomic E-state index is 12.6. The Morgan fingerprint density at radius 2 is 1.72 bits per heavy atom. The van der Waals surface area contributed by atoms with Gasteiger partial charge in [-0.2, -0.15) is 0 Å². The molecule has 0 spiro atoms. The van der Waals surface area contributed by atoms with Crippen molar-refractivity contribution in [2.24, 2.45) is 4.99 Å². The lowest BCUT2D eigenvalue weighted by Gasteiger charge is -2.11. The van der Waals surface area contributed by atoms with Crippen LogP contribution in [0.1, 0.15) is 11.3 Å². The standard InChI is InChI=1S/C19H19ClN4O/c1-13-18(12-21-15-6-10-16(11-7-15)23(2)3)19(25)24(22-13)17-8-4-14(20)5-9-17/h4-12,22H,1-3H3. The van der Waals surface area contributed by atoms with Gasteiger partial charge >= 0.3 is 0 Å². The molecule has 0 bridgehead atoms. The fourth-order valence-corrected chi connectivity index (χ4v) is 2.59. The molecule has 3 rings (SSSR count). The summed E-state index contributed by atoms with van der Waals surface area (Å²) < 4.78 is 1.49. The first-order chi connectivity index (χ1) is 12.0. The summed E-state index contributed by atoms with van der Waals surface area (Å²) in [6.07, 6.45) is 1.60. The van der Waals surface area contributed by atoms with Gasteiger partial charge in [0, 0.05) is 36.7 Å². The molecule has 0 aliphatic rings. The monoisotopic (exact) mass is 354 g/mol. The van der Waals surface area contributed by atoms with Crippen molar-refractivity contribution in [2.45, 2.75) is 6.92 Å². The summed E-state index contributed by atoms with van der Waals surface area (Å²) >= 11 is 5.90. The number of benzene rings is 2. The Hall–Kier alpha value is -2.79. The third-order valence-electron chi connectivity index (χ3n) is 3.91. The Morgan fingerprint density at radius 3 is 2.32 bits per heavy atom. The number of nitrogens with one attached hydrogen (secondary N) is 1. The van der Waals surface area contributed by atoms with Crippen molar-refractivity contribution in [3.8, 4) is 5.69 Å². The van der Waals surface area contributed by atoms with Gasteiger partial charge in [-0.05, 0) is 55.5 Å². The number of hydrogen-bond acceptors (Lipinski definition) is 3. The molecule has 1 heterocycles. The number of rotatable bonds is 4. The minimum absolute atomic E-state index is 0.145. The summed E-state index contributed by atoms with van der Waals surface area (Å²) in [4.78, 5) is 19.1. The predicted octanol–water partition coefficient (Wildman–Crippen LogP) is 3.94. The smallest absolute Gasteiger partial charge is 0.280 e. The van der Waals surface area contributed by atoms with E-state index >= 15 is 0 Å². The summed E-state index contributed by atoms with van der Waals surface area (Å²) in [7, 11) is 3.97. The lowest BCUT2D eigenvalue weighted by Crippen LogP contribution is -2.17. The molecule has 5 nitrogen and oxygen atoms in total. The van der Waals surface area contributed by atoms with Crippen molar-refractivity contribution in [3.05, 3.63) is 75.2 Å². The number of H-pyrrole nitrogens is 1. The van der Waals surface area contributed by atoms with E-state index in [2.05, 4.69) is 10.1 Å². The molecule has 0 fully saturated rings. The van der Waals surface area contributed by atoms with Gasteiger partial charge in [0.05, 0.1) is 16.9 Å². The van der Waals surface area contributed by atoms with Gasteiger partial charge in [-0.25, -0.2) is 4.68 Å². The van der Waals surface area contributed by atoms with Crippen molar-refractivity contribution in [1.82, 2.24) is 9.78 Å². The second-order valence-electron chi connectivity index (χ2n) is 5.94. The molecule has 0 radical (unpaired) electrons. The first-order valence-corrected chi connectivity index (χ1v) is 8.22. The third kappa shape index (κ3) is 3.67. The Balaban J connectivity index is 1.90. The second kappa shape index (κ2) is 6.99. The van der Waals surface area contributed by atoms with E-state index in [0.717, 1.165) is 22.8 Å². The third-order valence-corrected chi connectivity index (χ3v) is 4.16. The minimum atomic E-state index is -0.145. The van der Waals surface area contributed by atoms with Gasteiger partial charge in [-0.15, -0.1) is 0 Å². The van der Waals surface area contributed by atoms with Crippen molar-refractivity contribution in [3.63, 3.8) is 0 Å². The molecule has 0 aliphatic carbocycles. The largest absolute Gasteiger partial charge is 0.378 e. The van der Waals surface area contributed by atoms with Crippen molar-refractivity contribution >= 4 is 29.2 Å². The van der Waals surface area contributed by atoms with E-state index < -0.39 is 0 Å². The van der Waals surface area contributed by atoms with Crippen LogP contribution in [-0.2, 0) is 0 Å². The van der Waals surface area contributed by atoms with Gasteiger partial charge in [-0.1, -0.05) is 11.6 Å². The van der Waals surface area contributed by atoms with E-state index in [1.807, 2.05) is 50.2 Å². The number of anilines is 1. The topological polar surface area (TPSA) is 53.4 Å². The van der Waals surface area contributed by atoms with Crippen molar-refractivity contribution in [1.29, 1.82) is 0 Å². The zero-order chi connectivity index (χ0) is 18.0. The molecular weight excluding hydrogens is 336 g/mol. The maximum Gasteiger partial charge on any atom is 0.280 e. The Bertz CT molecular complexity index is 951. The number of aryl methyl sites for hydroxylation is 1. The minimum Gasteiger partial charge on any atom is -0.378 e. The molecule has 0 aliphatic heterocycles. The highest BCUT2D eigenvalue weighted by Gasteiger charge is 2.10. The van der Waals surface area contributed by atoms with Gasteiger partial charge in [0.2, 0.25) is 0 Å². The summed E-state index contributed by atoms with van der Waals surface area (Å²) in [5, 5.41) is 3.70. The second-order valence-corrected chi connectivity index (χ2v) is 6.37. The molecule has 0 saturated carbocycles. The number of aromatic nitrogens is 2. The zero-order valence-electron chi connectivity index (χ0n) is 14.3. The van der Waals surface area contributed by atoms with Crippen LogP contribution in [0, 0.1) is 6.92 Å². The van der Waals surface area contributed by atoms with Gasteiger partial charge in [-0.3, -0.25) is 14.9 Å². The molecule has 0 saturated heterocycles. The van der Waals surface area contributed by atoms with Crippen LogP contribution in [-0.4, -0.2) is 30.1 Å². The quantitative estimate of drug-likeness (QED) is 0.721. The molecule has 1 aromatic heterocycles. The Labute approximate surface area is 151 Å². The van der Waals surface area contributed by atoms with Gasteiger partial charge in [0.15, 0.2) is 0 Å². The van der Waals surface area contributed by atoms with E-state index in [1.165, 1.54) is 4.68 Å². The number of hydrogen-bond donors (Lipinski definition) is 1. The van der Waals surface area contributed by atoms with Crippen LogP contribution in [0.15, 0.2) is 58.3 Å². The Morgan fingerprint density at radius 1 is 1.08 bits per heavy atom. The van der Waals surface area contributed by atoms with Gasteiger partial charge in [0.25, 0.3) is 5.56 Å². The van der Waals surface area contributed by atoms with Gasteiger partial charge in [0.1, 0.15) is 0 Å². The first kappa shape index (κ1) is 17.0. The summed E-state index contributed by atoms with van der Waals surface area (Å²) in [5.74, 6) is 0. The number of nitrogens with zero attached hydrogens (tertiary/aromatic N) is 3. The molecular formula is C19H19ClN4O. The number of aliphatic imine (C=N–C) groups is 1. The van der Waals surface area contributed by atoms with Crippen LogP contribution >= 0.6 is 11.6 Å². The predicted molar refractivity (Wildman–Crippen MR) is 104 cm³/mol. The molecule has 6 heteroatoms. The SMILES string of the molecule is Cc1[nH]n(-c2ccc(Cl)cc2)c(=O)c1C=Nc1ccc(N(C)C)cc1. The molecule has 1 N–H and O–H groups in total. The maximum absolute atomic E-state index is 12.6. The Kier molecular flexibility index (Phi) is 4.76. The van der Waals surface area contributed by atoms with E-state index in [0.29, 0.717) is 10.6 Å². The van der Waals surface area contributed by atoms with Crippen LogP contribution in [0.3, 0.4) is 0 Å². The molecule has 25 heavy (non-hydrogen) atoms. The van der Waals surface area contributed by atoms with Crippen molar-refractivity contribution < 1.29 is 0 Å². The van der Waals surface area contributed by atoms with E-state index in [4.69, 9.17) is 11.6 Å². The average Bonchev–Trinajstić information content (AvgIpc) is 2.88. The molecule has 3 aromatic rings. The highest BCUT2D eigenvalue weighted by Crippen LogP contribution is 2.18. The molecule has 0 atom stereocenters. The fraction of sp³-hybridized carbons (Fsp3) is 0.158. The number of aromatic amines is 1. The highest BCUT2D eigenvalue weighted by atomic mass is 35.5. The lowest BCUT2D eigenvalue weighted by molar-refractivity contribution is 0.835. The molecule has 0 unspecified atom stereocenters. The van der Waals surface area contributed by atoms with Crippen LogP contribution in [0.25, 0.3) is 5.69 Å². The summed E-state index contributed by atoms with van der Waals surface area (Å²) in [6.45, 7) is 1.85. The zero-order valence-corrected chi connectivity index (χ0v) is 15.1. The van der Waals surface area contributed by atoms with E-state index in [-0.39, 0.29) is 5.56 Å². The normalized spacial score (nSPS) is 11.2. The molecule has 0 amide bonds. The van der Waals surface area contributed by atoms with Crippen LogP contribution in [0.5, 0.6) is 0 Å². The lowest BCUT2D eigenvalue weighted by atomic mass is 10.2. The van der Waals surface area contributed by atoms with Crippen molar-refractivity contribution in [2.75, 3.05) is 19.0 Å². The average molecular weight is 355 g/mol. The van der Waals surface area contributed by atoms with Gasteiger partial charge < -0.3 is 4.90 Å². The van der Waals surface area contributed by atoms with Crippen LogP contribution < -0.4 is 10.5 Å². The summed E-state index contributed by atoms with van der Waals surface area (Å²) in [6, 6.07) is 14.9. The number of halogens is 1. The molecule has 128 valence electrons. The van der Waals surface area contributed by atoms with Crippen LogP contribution in [0.4, 0.5) is 11.4 Å². The fourth-order valence-electron chi connectivity index (χ4n) is 2.46.